The largest absolute Gasteiger partial charge is 0.508 e. The molecule has 4 bridgehead atoms. The summed E-state index contributed by atoms with van der Waals surface area (Å²) < 4.78 is 17.2. The van der Waals surface area contributed by atoms with Crippen molar-refractivity contribution in [2.24, 2.45) is 0 Å². The van der Waals surface area contributed by atoms with Gasteiger partial charge in [-0.3, -0.25) is 24.0 Å². The molecule has 0 unspecified atom stereocenters. The number of carbonyl (C=O) groups excluding carboxylic acids is 5. The Morgan fingerprint density at radius 3 is 2.38 bits per heavy atom. The van der Waals surface area contributed by atoms with Crippen molar-refractivity contribution >= 4 is 29.5 Å². The Morgan fingerprint density at radius 1 is 0.839 bits per heavy atom. The number of benzene rings is 4. The van der Waals surface area contributed by atoms with E-state index >= 15 is 0 Å². The van der Waals surface area contributed by atoms with Gasteiger partial charge in [0.25, 0.3) is 11.8 Å². The summed E-state index contributed by atoms with van der Waals surface area (Å²) >= 11 is 0. The van der Waals surface area contributed by atoms with E-state index in [1.54, 1.807) is 43.3 Å². The molecule has 56 heavy (non-hydrogen) atoms. The van der Waals surface area contributed by atoms with Crippen molar-refractivity contribution in [1.29, 1.82) is 0 Å². The monoisotopic (exact) mass is 765 g/mol. The predicted octanol–water partition coefficient (Wildman–Crippen LogP) is 4.11. The number of phenols is 1. The minimum atomic E-state index is -1.04. The van der Waals surface area contributed by atoms with E-state index in [1.807, 2.05) is 30.3 Å². The second-order valence-corrected chi connectivity index (χ2v) is 13.3. The lowest BCUT2D eigenvalue weighted by atomic mass is 10.0. The summed E-state index contributed by atoms with van der Waals surface area (Å²) in [4.78, 5) is 68.7. The molecule has 294 valence electrons. The van der Waals surface area contributed by atoms with Gasteiger partial charge in [0.05, 0.1) is 20.8 Å². The number of rotatable bonds is 6. The van der Waals surface area contributed by atoms with Gasteiger partial charge in [-0.25, -0.2) is 0 Å². The first kappa shape index (κ1) is 40.6. The zero-order valence-electron chi connectivity index (χ0n) is 31.6. The van der Waals surface area contributed by atoms with Gasteiger partial charge in [0.2, 0.25) is 17.7 Å². The lowest BCUT2D eigenvalue weighted by Gasteiger charge is -2.25. The van der Waals surface area contributed by atoms with Crippen LogP contribution in [-0.4, -0.2) is 85.5 Å². The van der Waals surface area contributed by atoms with Crippen molar-refractivity contribution in [3.63, 3.8) is 0 Å². The quantitative estimate of drug-likeness (QED) is 0.180. The highest BCUT2D eigenvalue weighted by atomic mass is 16.5. The fourth-order valence-electron chi connectivity index (χ4n) is 6.12. The fraction of sp³-hybridized carbons (Fsp3) is 0.310. The first-order chi connectivity index (χ1) is 27.0. The van der Waals surface area contributed by atoms with Gasteiger partial charge < -0.3 is 45.5 Å². The smallest absolute Gasteiger partial charge is 0.254 e. The number of phenolic OH excluding ortho intramolecular Hbond substituents is 1. The molecule has 4 aromatic carbocycles. The third-order valence-corrected chi connectivity index (χ3v) is 9.19. The van der Waals surface area contributed by atoms with Crippen LogP contribution in [0.2, 0.25) is 0 Å². The van der Waals surface area contributed by atoms with E-state index in [1.165, 1.54) is 43.4 Å². The average Bonchev–Trinajstić information content (AvgIpc) is 3.20. The van der Waals surface area contributed by atoms with Gasteiger partial charge in [-0.1, -0.05) is 36.4 Å². The van der Waals surface area contributed by atoms with Crippen molar-refractivity contribution in [1.82, 2.24) is 26.2 Å². The number of aryl methyl sites for hydroxylation is 1. The number of hydrogen-bond acceptors (Lipinski definition) is 9. The van der Waals surface area contributed by atoms with Crippen LogP contribution in [-0.2, 0) is 27.3 Å². The lowest BCUT2D eigenvalue weighted by Crippen LogP contribution is -2.54. The molecule has 0 saturated heterocycles. The van der Waals surface area contributed by atoms with E-state index in [0.717, 1.165) is 5.56 Å². The summed E-state index contributed by atoms with van der Waals surface area (Å²) in [7, 11) is 2.98. The van der Waals surface area contributed by atoms with Crippen molar-refractivity contribution in [2.45, 2.75) is 51.2 Å². The Balaban J connectivity index is 1.41. The van der Waals surface area contributed by atoms with Gasteiger partial charge in [-0.2, -0.15) is 0 Å². The molecule has 2 aliphatic heterocycles. The third kappa shape index (κ3) is 11.2. The molecule has 0 radical (unpaired) electrons. The van der Waals surface area contributed by atoms with Crippen LogP contribution in [0.4, 0.5) is 0 Å². The third-order valence-electron chi connectivity index (χ3n) is 9.19. The van der Waals surface area contributed by atoms with E-state index in [9.17, 15) is 29.1 Å². The molecule has 0 fully saturated rings. The number of nitrogens with zero attached hydrogens (tertiary/aromatic N) is 1. The first-order valence-electron chi connectivity index (χ1n) is 18.3. The van der Waals surface area contributed by atoms with E-state index < -0.39 is 35.7 Å². The lowest BCUT2D eigenvalue weighted by molar-refractivity contribution is -0.132. The van der Waals surface area contributed by atoms with Crippen LogP contribution in [0.25, 0.3) is 0 Å². The minimum absolute atomic E-state index is 0.0682. The molecule has 5 N–H and O–H groups in total. The van der Waals surface area contributed by atoms with E-state index in [2.05, 4.69) is 21.3 Å². The maximum atomic E-state index is 13.7. The highest BCUT2D eigenvalue weighted by molar-refractivity contribution is 5.98. The van der Waals surface area contributed by atoms with Gasteiger partial charge >= 0.3 is 0 Å². The highest BCUT2D eigenvalue weighted by Gasteiger charge is 2.27. The van der Waals surface area contributed by atoms with E-state index in [4.69, 9.17) is 14.2 Å². The SMILES string of the molecule is COc1cc2ccc1CNC(=O)[C@H](C)NC(=O)[C@H](CCc1ccccc1)NC(=O)CN(C(=O)c1cccc(O)c1)CCCCNC(=O)c1ccc(OC)c(c1)O2. The first-order valence-corrected chi connectivity index (χ1v) is 18.3. The molecule has 0 spiro atoms. The number of hydrogen-bond donors (Lipinski definition) is 5. The van der Waals surface area contributed by atoms with Crippen molar-refractivity contribution < 1.29 is 43.3 Å². The molecule has 2 aliphatic rings. The molecule has 0 aromatic heterocycles. The predicted molar refractivity (Wildman–Crippen MR) is 208 cm³/mol. The number of nitrogens with one attached hydrogen (secondary N) is 4. The molecule has 14 nitrogen and oxygen atoms in total. The van der Waals surface area contributed by atoms with E-state index in [-0.39, 0.29) is 49.8 Å². The summed E-state index contributed by atoms with van der Waals surface area (Å²) in [6, 6.07) is 23.1. The topological polar surface area (TPSA) is 185 Å². The van der Waals surface area contributed by atoms with Gasteiger partial charge in [-0.15, -0.1) is 0 Å². The van der Waals surface area contributed by atoms with E-state index in [0.29, 0.717) is 53.4 Å². The van der Waals surface area contributed by atoms with Crippen molar-refractivity contribution in [3.05, 3.63) is 113 Å². The maximum Gasteiger partial charge on any atom is 0.254 e. The van der Waals surface area contributed by atoms with Gasteiger partial charge in [0.1, 0.15) is 29.3 Å². The molecule has 0 saturated carbocycles. The summed E-state index contributed by atoms with van der Waals surface area (Å²) in [6.07, 6.45) is 1.55. The zero-order valence-corrected chi connectivity index (χ0v) is 31.6. The van der Waals surface area contributed by atoms with Crippen LogP contribution < -0.4 is 35.5 Å². The van der Waals surface area contributed by atoms with Gasteiger partial charge in [0, 0.05) is 42.4 Å². The molecule has 4 aromatic rings. The number of carbonyl (C=O) groups is 5. The van der Waals surface area contributed by atoms with Crippen LogP contribution >= 0.6 is 0 Å². The Hall–Kier alpha value is -6.57. The fourth-order valence-corrected chi connectivity index (χ4v) is 6.12. The van der Waals surface area contributed by atoms with Crippen molar-refractivity contribution in [2.75, 3.05) is 33.9 Å². The summed E-state index contributed by atoms with van der Waals surface area (Å²) in [5.41, 5.74) is 2.09. The molecule has 2 heterocycles. The second-order valence-electron chi connectivity index (χ2n) is 13.3. The summed E-state index contributed by atoms with van der Waals surface area (Å²) in [5.74, 6) is -1.07. The number of amides is 5. The molecular formula is C42H47N5O9. The van der Waals surface area contributed by atoms with Crippen LogP contribution in [0.1, 0.15) is 58.0 Å². The Bertz CT molecular complexity index is 2020. The Morgan fingerprint density at radius 2 is 1.62 bits per heavy atom. The van der Waals surface area contributed by atoms with Gasteiger partial charge in [-0.05, 0) is 86.7 Å². The average molecular weight is 766 g/mol. The number of aromatic hydroxyl groups is 1. The second kappa shape index (κ2) is 19.7. The number of ether oxygens (including phenoxy) is 3. The zero-order chi connectivity index (χ0) is 40.0. The van der Waals surface area contributed by atoms with Crippen LogP contribution in [0.15, 0.2) is 91.0 Å². The molecule has 0 aliphatic carbocycles. The van der Waals surface area contributed by atoms with Gasteiger partial charge in [0.15, 0.2) is 11.5 Å². The van der Waals surface area contributed by atoms with Crippen LogP contribution in [0.5, 0.6) is 28.7 Å². The molecule has 14 heteroatoms. The molecule has 6 rings (SSSR count). The van der Waals surface area contributed by atoms with Crippen molar-refractivity contribution in [3.8, 4) is 28.7 Å². The normalized spacial score (nSPS) is 17.5. The Labute approximate surface area is 325 Å². The number of fused-ring (bicyclic) bond motifs is 18. The summed E-state index contributed by atoms with van der Waals surface area (Å²) in [6.45, 7) is 1.63. The molecular weight excluding hydrogens is 718 g/mol. The standard InChI is InChI=1S/C42H47N5O9/c1-27-39(50)44-25-31-15-17-33(24-36(31)55-3)56-37-23-29(16-19-35(37)54-2)40(51)43-20-7-8-21-47(42(53)30-12-9-13-32(48)22-30)26-38(49)46-34(41(52)45-27)18-14-28-10-5-4-6-11-28/h4-6,9-13,15-17,19,22-24,27,34,48H,7-8,14,18,20-21,25-26H2,1-3H3,(H,43,51)(H,44,50)(H,45,52)(H,46,49)/t27-,34-/m0/s1. The minimum Gasteiger partial charge on any atom is -0.508 e. The maximum absolute atomic E-state index is 13.7. The van der Waals surface area contributed by atoms with Crippen LogP contribution in [0, 0.1) is 0 Å². The summed E-state index contributed by atoms with van der Waals surface area (Å²) in [5, 5.41) is 21.3. The Kier molecular flexibility index (Phi) is 14.3. The highest BCUT2D eigenvalue weighted by Crippen LogP contribution is 2.35. The number of methoxy groups -OCH3 is 2. The molecule has 5 amide bonds. The van der Waals surface area contributed by atoms with Crippen LogP contribution in [0.3, 0.4) is 0 Å². The molecule has 2 atom stereocenters.